The summed E-state index contributed by atoms with van der Waals surface area (Å²) < 4.78 is 0. The van der Waals surface area contributed by atoms with Gasteiger partial charge in [-0.05, 0) is 50.2 Å². The van der Waals surface area contributed by atoms with Gasteiger partial charge in [0.05, 0.1) is 0 Å². The Hall–Kier alpha value is -1.91. The summed E-state index contributed by atoms with van der Waals surface area (Å²) in [6.07, 6.45) is 9.11. The van der Waals surface area contributed by atoms with Gasteiger partial charge in [0, 0.05) is 43.9 Å². The third-order valence-corrected chi connectivity index (χ3v) is 5.05. The number of amides is 2. The first-order valence-electron chi connectivity index (χ1n) is 8.69. The quantitative estimate of drug-likeness (QED) is 0.926. The van der Waals surface area contributed by atoms with Crippen molar-refractivity contribution >= 4 is 11.8 Å². The van der Waals surface area contributed by atoms with E-state index in [-0.39, 0.29) is 17.7 Å². The van der Waals surface area contributed by atoms with Gasteiger partial charge in [-0.15, -0.1) is 0 Å². The maximum atomic E-state index is 12.4. The molecule has 1 aliphatic heterocycles. The molecule has 3 rings (SSSR count). The normalized spacial score (nSPS) is 24.4. The second kappa shape index (κ2) is 7.57. The molecule has 2 heterocycles. The Morgan fingerprint density at radius 1 is 1.13 bits per heavy atom. The molecule has 1 N–H and O–H groups in total. The number of hydrogen-bond donors (Lipinski definition) is 1. The van der Waals surface area contributed by atoms with Crippen molar-refractivity contribution in [1.29, 1.82) is 0 Å². The molecule has 5 nitrogen and oxygen atoms in total. The van der Waals surface area contributed by atoms with Gasteiger partial charge in [0.1, 0.15) is 0 Å². The Morgan fingerprint density at radius 3 is 2.48 bits per heavy atom. The van der Waals surface area contributed by atoms with E-state index in [1.54, 1.807) is 12.4 Å². The summed E-state index contributed by atoms with van der Waals surface area (Å²) in [6, 6.07) is 3.83. The van der Waals surface area contributed by atoms with E-state index in [0.29, 0.717) is 12.5 Å². The monoisotopic (exact) mass is 315 g/mol. The van der Waals surface area contributed by atoms with Crippen molar-refractivity contribution < 1.29 is 9.59 Å². The third kappa shape index (κ3) is 4.09. The Labute approximate surface area is 137 Å². The van der Waals surface area contributed by atoms with Crippen molar-refractivity contribution in [3.05, 3.63) is 30.1 Å². The molecule has 0 unspecified atom stereocenters. The Kier molecular flexibility index (Phi) is 5.26. The molecule has 0 aromatic carbocycles. The average molecular weight is 315 g/mol. The van der Waals surface area contributed by atoms with Gasteiger partial charge in [0.15, 0.2) is 0 Å². The number of carbonyl (C=O) groups is 2. The van der Waals surface area contributed by atoms with E-state index in [9.17, 15) is 9.59 Å². The first-order valence-corrected chi connectivity index (χ1v) is 8.69. The van der Waals surface area contributed by atoms with Crippen molar-refractivity contribution in [1.82, 2.24) is 15.2 Å². The topological polar surface area (TPSA) is 62.3 Å². The average Bonchev–Trinajstić information content (AvgIpc) is 3.15. The van der Waals surface area contributed by atoms with Crippen LogP contribution in [0.1, 0.15) is 44.1 Å². The molecule has 0 bridgehead atoms. The molecule has 1 saturated heterocycles. The second-order valence-electron chi connectivity index (χ2n) is 6.66. The minimum atomic E-state index is 0.0503. The highest BCUT2D eigenvalue weighted by Gasteiger charge is 2.32. The van der Waals surface area contributed by atoms with Crippen molar-refractivity contribution in [2.45, 2.75) is 45.1 Å². The van der Waals surface area contributed by atoms with Gasteiger partial charge in [-0.25, -0.2) is 0 Å². The van der Waals surface area contributed by atoms with Crippen LogP contribution in [0, 0.1) is 11.8 Å². The molecule has 1 aromatic rings. The SMILES string of the molecule is O=C(NCc1cccnc1)C1CCC(C(=O)N2CCCC2)CC1. The van der Waals surface area contributed by atoms with Crippen LogP contribution in [-0.2, 0) is 16.1 Å². The Balaban J connectivity index is 1.43. The zero-order valence-electron chi connectivity index (χ0n) is 13.5. The lowest BCUT2D eigenvalue weighted by Crippen LogP contribution is -2.38. The summed E-state index contributed by atoms with van der Waals surface area (Å²) in [5.74, 6) is 0.613. The van der Waals surface area contributed by atoms with Gasteiger partial charge >= 0.3 is 0 Å². The molecule has 23 heavy (non-hydrogen) atoms. The van der Waals surface area contributed by atoms with Crippen LogP contribution in [0.2, 0.25) is 0 Å². The highest BCUT2D eigenvalue weighted by atomic mass is 16.2. The molecule has 0 radical (unpaired) electrons. The van der Waals surface area contributed by atoms with E-state index in [1.807, 2.05) is 17.0 Å². The molecule has 1 aromatic heterocycles. The van der Waals surface area contributed by atoms with Gasteiger partial charge in [0.2, 0.25) is 11.8 Å². The lowest BCUT2D eigenvalue weighted by atomic mass is 9.81. The summed E-state index contributed by atoms with van der Waals surface area (Å²) in [5, 5.41) is 2.99. The summed E-state index contributed by atoms with van der Waals surface area (Å²) >= 11 is 0. The lowest BCUT2D eigenvalue weighted by molar-refractivity contribution is -0.137. The predicted octanol–water partition coefficient (Wildman–Crippen LogP) is 2.13. The molecule has 0 atom stereocenters. The Bertz CT molecular complexity index is 532. The van der Waals surface area contributed by atoms with Gasteiger partial charge in [-0.2, -0.15) is 0 Å². The molecule has 124 valence electrons. The van der Waals surface area contributed by atoms with E-state index in [4.69, 9.17) is 0 Å². The summed E-state index contributed by atoms with van der Waals surface area (Å²) in [7, 11) is 0. The van der Waals surface area contributed by atoms with E-state index >= 15 is 0 Å². The number of aromatic nitrogens is 1. The molecule has 2 fully saturated rings. The zero-order valence-corrected chi connectivity index (χ0v) is 13.5. The largest absolute Gasteiger partial charge is 0.352 e. The molecule has 2 aliphatic rings. The minimum absolute atomic E-state index is 0.0503. The first-order chi connectivity index (χ1) is 11.2. The maximum absolute atomic E-state index is 12.4. The van der Waals surface area contributed by atoms with Crippen LogP contribution >= 0.6 is 0 Å². The van der Waals surface area contributed by atoms with Gasteiger partial charge < -0.3 is 10.2 Å². The molecular formula is C18H25N3O2. The van der Waals surface area contributed by atoms with Gasteiger partial charge in [-0.1, -0.05) is 6.07 Å². The summed E-state index contributed by atoms with van der Waals surface area (Å²) in [6.45, 7) is 2.37. The molecule has 1 saturated carbocycles. The van der Waals surface area contributed by atoms with Crippen LogP contribution in [0.3, 0.4) is 0 Å². The van der Waals surface area contributed by atoms with Crippen LogP contribution in [0.15, 0.2) is 24.5 Å². The predicted molar refractivity (Wildman–Crippen MR) is 87.3 cm³/mol. The molecule has 0 spiro atoms. The number of pyridine rings is 1. The Morgan fingerprint density at radius 2 is 1.83 bits per heavy atom. The summed E-state index contributed by atoms with van der Waals surface area (Å²) in [5.41, 5.74) is 1.01. The van der Waals surface area contributed by atoms with Crippen LogP contribution in [-0.4, -0.2) is 34.8 Å². The highest BCUT2D eigenvalue weighted by molar-refractivity contribution is 5.81. The lowest BCUT2D eigenvalue weighted by Gasteiger charge is -2.29. The fraction of sp³-hybridized carbons (Fsp3) is 0.611. The van der Waals surface area contributed by atoms with Gasteiger partial charge in [0.25, 0.3) is 0 Å². The number of likely N-dealkylation sites (tertiary alicyclic amines) is 1. The van der Waals surface area contributed by atoms with E-state index in [0.717, 1.165) is 57.2 Å². The number of carbonyl (C=O) groups excluding carboxylic acids is 2. The van der Waals surface area contributed by atoms with Crippen LogP contribution < -0.4 is 5.32 Å². The first kappa shape index (κ1) is 16.0. The number of nitrogens with one attached hydrogen (secondary N) is 1. The van der Waals surface area contributed by atoms with Crippen molar-refractivity contribution in [3.8, 4) is 0 Å². The van der Waals surface area contributed by atoms with E-state index in [1.165, 1.54) is 0 Å². The van der Waals surface area contributed by atoms with Crippen LogP contribution in [0.25, 0.3) is 0 Å². The van der Waals surface area contributed by atoms with Crippen LogP contribution in [0.4, 0.5) is 0 Å². The highest BCUT2D eigenvalue weighted by Crippen LogP contribution is 2.31. The molecular weight excluding hydrogens is 290 g/mol. The fourth-order valence-corrected chi connectivity index (χ4v) is 3.63. The fourth-order valence-electron chi connectivity index (χ4n) is 3.63. The summed E-state index contributed by atoms with van der Waals surface area (Å²) in [4.78, 5) is 30.7. The van der Waals surface area contributed by atoms with Crippen molar-refractivity contribution in [2.24, 2.45) is 11.8 Å². The van der Waals surface area contributed by atoms with Crippen molar-refractivity contribution in [3.63, 3.8) is 0 Å². The number of hydrogen-bond acceptors (Lipinski definition) is 3. The second-order valence-corrected chi connectivity index (χ2v) is 6.66. The van der Waals surface area contributed by atoms with Gasteiger partial charge in [-0.3, -0.25) is 14.6 Å². The van der Waals surface area contributed by atoms with E-state index < -0.39 is 0 Å². The van der Waals surface area contributed by atoms with Crippen LogP contribution in [0.5, 0.6) is 0 Å². The molecule has 2 amide bonds. The standard InChI is InChI=1S/C18H25N3O2/c22-17(20-13-14-4-3-9-19-12-14)15-5-7-16(8-6-15)18(23)21-10-1-2-11-21/h3-4,9,12,15-16H,1-2,5-8,10-11,13H2,(H,20,22). The van der Waals surface area contributed by atoms with E-state index in [2.05, 4.69) is 10.3 Å². The molecule has 1 aliphatic carbocycles. The molecule has 5 heteroatoms. The zero-order chi connectivity index (χ0) is 16.1. The maximum Gasteiger partial charge on any atom is 0.225 e. The minimum Gasteiger partial charge on any atom is -0.352 e. The van der Waals surface area contributed by atoms with Crippen molar-refractivity contribution in [2.75, 3.05) is 13.1 Å². The number of nitrogens with zero attached hydrogens (tertiary/aromatic N) is 2. The number of rotatable bonds is 4. The smallest absolute Gasteiger partial charge is 0.225 e. The third-order valence-electron chi connectivity index (χ3n) is 5.05.